The van der Waals surface area contributed by atoms with Crippen molar-refractivity contribution in [3.63, 3.8) is 0 Å². The summed E-state index contributed by atoms with van der Waals surface area (Å²) in [6.45, 7) is 6.22. The van der Waals surface area contributed by atoms with Crippen LogP contribution in [0.25, 0.3) is 5.69 Å². The molecule has 3 nitrogen and oxygen atoms in total. The average molecular weight is 308 g/mol. The molecular formula is C15H15Cl2N3. The van der Waals surface area contributed by atoms with Crippen LogP contribution in [0.5, 0.6) is 0 Å². The second-order valence-corrected chi connectivity index (χ2v) is 6.20. The van der Waals surface area contributed by atoms with E-state index in [2.05, 4.69) is 31.9 Å². The molecule has 1 aromatic heterocycles. The molecule has 5 heteroatoms. The van der Waals surface area contributed by atoms with Gasteiger partial charge in [-0.15, -0.1) is 11.6 Å². The van der Waals surface area contributed by atoms with Crippen LogP contribution in [0.15, 0.2) is 24.3 Å². The van der Waals surface area contributed by atoms with Crippen LogP contribution in [0, 0.1) is 11.3 Å². The highest BCUT2D eigenvalue weighted by atomic mass is 35.5. The van der Waals surface area contributed by atoms with Crippen molar-refractivity contribution in [1.82, 2.24) is 9.78 Å². The lowest BCUT2D eigenvalue weighted by molar-refractivity contribution is 0.556. The van der Waals surface area contributed by atoms with Crippen LogP contribution in [0.1, 0.15) is 37.6 Å². The molecule has 0 atom stereocenters. The molecule has 0 saturated carbocycles. The molecule has 2 rings (SSSR count). The predicted molar refractivity (Wildman–Crippen MR) is 81.5 cm³/mol. The molecule has 0 radical (unpaired) electrons. The zero-order chi connectivity index (χ0) is 14.9. The van der Waals surface area contributed by atoms with Crippen molar-refractivity contribution in [2.45, 2.75) is 32.1 Å². The molecule has 2 aromatic rings. The van der Waals surface area contributed by atoms with Crippen molar-refractivity contribution in [1.29, 1.82) is 5.26 Å². The number of benzene rings is 1. The van der Waals surface area contributed by atoms with E-state index in [-0.39, 0.29) is 5.41 Å². The normalized spacial score (nSPS) is 11.4. The molecular weight excluding hydrogens is 293 g/mol. The number of nitriles is 1. The van der Waals surface area contributed by atoms with Crippen LogP contribution in [0.3, 0.4) is 0 Å². The van der Waals surface area contributed by atoms with E-state index in [1.165, 1.54) is 0 Å². The molecule has 0 fully saturated rings. The van der Waals surface area contributed by atoms with E-state index in [9.17, 15) is 0 Å². The van der Waals surface area contributed by atoms with Gasteiger partial charge >= 0.3 is 0 Å². The second kappa shape index (κ2) is 5.47. The molecule has 0 saturated heterocycles. The summed E-state index contributed by atoms with van der Waals surface area (Å²) in [5, 5.41) is 13.9. The quantitative estimate of drug-likeness (QED) is 0.770. The SMILES string of the molecule is CC(C)(C)c1nn(-c2ccc(C#N)cc2)c(Cl)c1CCl. The van der Waals surface area contributed by atoms with E-state index in [0.29, 0.717) is 16.6 Å². The summed E-state index contributed by atoms with van der Waals surface area (Å²) in [7, 11) is 0. The third kappa shape index (κ3) is 2.67. The molecule has 1 aromatic carbocycles. The minimum absolute atomic E-state index is 0.133. The van der Waals surface area contributed by atoms with Gasteiger partial charge in [0.1, 0.15) is 5.15 Å². The Morgan fingerprint density at radius 2 is 1.85 bits per heavy atom. The lowest BCUT2D eigenvalue weighted by Crippen LogP contribution is -2.14. The third-order valence-corrected chi connectivity index (χ3v) is 3.66. The van der Waals surface area contributed by atoms with Gasteiger partial charge in [0, 0.05) is 11.0 Å². The number of alkyl halides is 1. The molecule has 1 heterocycles. The summed E-state index contributed by atoms with van der Waals surface area (Å²) in [4.78, 5) is 0. The fourth-order valence-corrected chi connectivity index (χ4v) is 2.61. The lowest BCUT2D eigenvalue weighted by Gasteiger charge is -2.16. The number of hydrogen-bond acceptors (Lipinski definition) is 2. The van der Waals surface area contributed by atoms with Gasteiger partial charge < -0.3 is 0 Å². The molecule has 0 N–H and O–H groups in total. The Kier molecular flexibility index (Phi) is 4.08. The summed E-state index contributed by atoms with van der Waals surface area (Å²) in [6.07, 6.45) is 0. The van der Waals surface area contributed by atoms with E-state index in [0.717, 1.165) is 16.9 Å². The van der Waals surface area contributed by atoms with Crippen molar-refractivity contribution in [3.8, 4) is 11.8 Å². The van der Waals surface area contributed by atoms with E-state index in [4.69, 9.17) is 28.5 Å². The minimum atomic E-state index is -0.133. The van der Waals surface area contributed by atoms with Crippen molar-refractivity contribution in [2.75, 3.05) is 0 Å². The highest BCUT2D eigenvalue weighted by molar-refractivity contribution is 6.31. The van der Waals surface area contributed by atoms with E-state index < -0.39 is 0 Å². The van der Waals surface area contributed by atoms with E-state index in [1.807, 2.05) is 12.1 Å². The summed E-state index contributed by atoms with van der Waals surface area (Å²) in [5.41, 5.74) is 3.03. The zero-order valence-electron chi connectivity index (χ0n) is 11.6. The number of nitrogens with zero attached hydrogens (tertiary/aromatic N) is 3. The molecule has 0 spiro atoms. The Balaban J connectivity index is 2.57. The molecule has 0 aliphatic heterocycles. The van der Waals surface area contributed by atoms with Crippen molar-refractivity contribution >= 4 is 23.2 Å². The van der Waals surface area contributed by atoms with Crippen molar-refractivity contribution in [2.24, 2.45) is 0 Å². The standard InChI is InChI=1S/C15H15Cl2N3/c1-15(2,3)13-12(8-16)14(17)20(19-13)11-6-4-10(9-18)5-7-11/h4-7H,8H2,1-3H3. The minimum Gasteiger partial charge on any atom is -0.222 e. The highest BCUT2D eigenvalue weighted by Gasteiger charge is 2.25. The Hall–Kier alpha value is -1.50. The Labute approximate surface area is 128 Å². The largest absolute Gasteiger partial charge is 0.222 e. The Morgan fingerprint density at radius 3 is 2.25 bits per heavy atom. The maximum Gasteiger partial charge on any atom is 0.137 e. The second-order valence-electron chi connectivity index (χ2n) is 5.57. The molecule has 0 bridgehead atoms. The molecule has 0 aliphatic rings. The topological polar surface area (TPSA) is 41.6 Å². The first-order valence-electron chi connectivity index (χ1n) is 6.23. The molecule has 104 valence electrons. The lowest BCUT2D eigenvalue weighted by atomic mass is 9.90. The molecule has 0 aliphatic carbocycles. The summed E-state index contributed by atoms with van der Waals surface area (Å²) >= 11 is 12.4. The summed E-state index contributed by atoms with van der Waals surface area (Å²) in [6, 6.07) is 9.21. The maximum atomic E-state index is 8.83. The molecule has 0 unspecified atom stereocenters. The first-order valence-corrected chi connectivity index (χ1v) is 7.14. The van der Waals surface area contributed by atoms with Gasteiger partial charge in [0.2, 0.25) is 0 Å². The van der Waals surface area contributed by atoms with E-state index in [1.54, 1.807) is 16.8 Å². The fourth-order valence-electron chi connectivity index (χ4n) is 2.00. The monoisotopic (exact) mass is 307 g/mol. The third-order valence-electron chi connectivity index (χ3n) is 3.01. The smallest absolute Gasteiger partial charge is 0.137 e. The van der Waals surface area contributed by atoms with Gasteiger partial charge in [-0.25, -0.2) is 4.68 Å². The van der Waals surface area contributed by atoms with Gasteiger partial charge in [-0.05, 0) is 24.3 Å². The van der Waals surface area contributed by atoms with Gasteiger partial charge in [0.15, 0.2) is 0 Å². The van der Waals surface area contributed by atoms with Gasteiger partial charge in [-0.3, -0.25) is 0 Å². The molecule has 0 amide bonds. The fraction of sp³-hybridized carbons (Fsp3) is 0.333. The van der Waals surface area contributed by atoms with Crippen LogP contribution < -0.4 is 0 Å². The van der Waals surface area contributed by atoms with Crippen LogP contribution in [0.4, 0.5) is 0 Å². The van der Waals surface area contributed by atoms with Crippen LogP contribution in [0.2, 0.25) is 5.15 Å². The Bertz CT molecular complexity index is 658. The van der Waals surface area contributed by atoms with Crippen molar-refractivity contribution < 1.29 is 0 Å². The van der Waals surface area contributed by atoms with Crippen molar-refractivity contribution in [3.05, 3.63) is 46.2 Å². The van der Waals surface area contributed by atoms with Crippen LogP contribution in [-0.2, 0) is 11.3 Å². The summed E-state index contributed by atoms with van der Waals surface area (Å²) in [5.74, 6) is 0.321. The predicted octanol–water partition coefficient (Wildman–Crippen LogP) is 4.43. The first kappa shape index (κ1) is 14.9. The average Bonchev–Trinajstić information content (AvgIpc) is 2.76. The van der Waals surface area contributed by atoms with Crippen LogP contribution in [-0.4, -0.2) is 9.78 Å². The van der Waals surface area contributed by atoms with E-state index >= 15 is 0 Å². The first-order chi connectivity index (χ1) is 9.38. The van der Waals surface area contributed by atoms with Gasteiger partial charge in [-0.1, -0.05) is 32.4 Å². The zero-order valence-corrected chi connectivity index (χ0v) is 13.1. The number of hydrogen-bond donors (Lipinski definition) is 0. The number of rotatable bonds is 2. The Morgan fingerprint density at radius 1 is 1.25 bits per heavy atom. The number of aromatic nitrogens is 2. The van der Waals surface area contributed by atoms with Gasteiger partial charge in [-0.2, -0.15) is 10.4 Å². The number of halogens is 2. The highest BCUT2D eigenvalue weighted by Crippen LogP contribution is 2.32. The van der Waals surface area contributed by atoms with Crippen LogP contribution >= 0.6 is 23.2 Å². The molecule has 20 heavy (non-hydrogen) atoms. The maximum absolute atomic E-state index is 8.83. The van der Waals surface area contributed by atoms with Gasteiger partial charge in [0.05, 0.1) is 28.9 Å². The van der Waals surface area contributed by atoms with Gasteiger partial charge in [0.25, 0.3) is 0 Å². The summed E-state index contributed by atoms with van der Waals surface area (Å²) < 4.78 is 1.67.